The number of pyridine rings is 1. The van der Waals surface area contributed by atoms with Crippen molar-refractivity contribution in [3.63, 3.8) is 0 Å². The van der Waals surface area contributed by atoms with E-state index in [1.165, 1.54) is 18.0 Å². The first-order chi connectivity index (χ1) is 10.0. The minimum Gasteiger partial charge on any atom is -0.478 e. The first-order valence-corrected chi connectivity index (χ1v) is 6.83. The van der Waals surface area contributed by atoms with Crippen molar-refractivity contribution in [2.75, 3.05) is 11.9 Å². The van der Waals surface area contributed by atoms with Crippen molar-refractivity contribution in [1.29, 1.82) is 0 Å². The second-order valence-corrected chi connectivity index (χ2v) is 5.02. The van der Waals surface area contributed by atoms with Crippen LogP contribution in [-0.4, -0.2) is 33.4 Å². The lowest BCUT2D eigenvalue weighted by molar-refractivity contribution is -0.113. The third-order valence-corrected chi connectivity index (χ3v) is 3.81. The summed E-state index contributed by atoms with van der Waals surface area (Å²) in [6.07, 6.45) is 6.27. The van der Waals surface area contributed by atoms with E-state index < -0.39 is 5.97 Å². The summed E-state index contributed by atoms with van der Waals surface area (Å²) in [6.45, 7) is 1.60. The van der Waals surface area contributed by atoms with Gasteiger partial charge in [0.1, 0.15) is 10.6 Å². The van der Waals surface area contributed by atoms with Crippen molar-refractivity contribution in [1.82, 2.24) is 9.36 Å². The molecular formula is C14H13N3O3S. The lowest BCUT2D eigenvalue weighted by atomic mass is 10.2. The fourth-order valence-corrected chi connectivity index (χ4v) is 2.54. The van der Waals surface area contributed by atoms with Gasteiger partial charge in [0.05, 0.1) is 5.69 Å². The Bertz CT molecular complexity index is 695. The molecule has 0 aliphatic rings. The molecule has 2 heterocycles. The fraction of sp³-hybridized carbons (Fsp3) is 0.143. The SMILES string of the molecule is Cc1nsc(N(C)C(=O)C=Cc2cccnc2)c1C(=O)O. The van der Waals surface area contributed by atoms with Crippen LogP contribution in [0.25, 0.3) is 6.08 Å². The van der Waals surface area contributed by atoms with Crippen LogP contribution in [0.4, 0.5) is 5.00 Å². The summed E-state index contributed by atoms with van der Waals surface area (Å²) in [4.78, 5) is 28.5. The molecule has 21 heavy (non-hydrogen) atoms. The van der Waals surface area contributed by atoms with Gasteiger partial charge in [-0.25, -0.2) is 4.79 Å². The van der Waals surface area contributed by atoms with E-state index >= 15 is 0 Å². The highest BCUT2D eigenvalue weighted by Crippen LogP contribution is 2.27. The van der Waals surface area contributed by atoms with Crippen molar-refractivity contribution >= 4 is 34.5 Å². The van der Waals surface area contributed by atoms with E-state index in [1.807, 2.05) is 6.07 Å². The molecule has 0 saturated carbocycles. The van der Waals surface area contributed by atoms with Crippen molar-refractivity contribution in [2.24, 2.45) is 0 Å². The number of aromatic nitrogens is 2. The van der Waals surface area contributed by atoms with Gasteiger partial charge in [0, 0.05) is 25.5 Å². The van der Waals surface area contributed by atoms with Gasteiger partial charge in [0.2, 0.25) is 0 Å². The van der Waals surface area contributed by atoms with E-state index in [0.29, 0.717) is 10.7 Å². The topological polar surface area (TPSA) is 83.4 Å². The molecule has 0 aromatic carbocycles. The standard InChI is InChI=1S/C14H13N3O3S/c1-9-12(14(19)20)13(21-16-9)17(2)11(18)6-5-10-4-3-7-15-8-10/h3-8H,1-2H3,(H,19,20). The van der Waals surface area contributed by atoms with Gasteiger partial charge in [-0.2, -0.15) is 4.37 Å². The van der Waals surface area contributed by atoms with Gasteiger partial charge in [0.15, 0.2) is 0 Å². The number of carboxylic acid groups (broad SMARTS) is 1. The van der Waals surface area contributed by atoms with Gasteiger partial charge < -0.3 is 10.0 Å². The first kappa shape index (κ1) is 14.9. The Morgan fingerprint density at radius 2 is 2.19 bits per heavy atom. The quantitative estimate of drug-likeness (QED) is 0.876. The number of hydrogen-bond acceptors (Lipinski definition) is 5. The summed E-state index contributed by atoms with van der Waals surface area (Å²) < 4.78 is 3.99. The Kier molecular flexibility index (Phi) is 4.44. The van der Waals surface area contributed by atoms with Gasteiger partial charge >= 0.3 is 5.97 Å². The minimum atomic E-state index is -1.09. The van der Waals surface area contributed by atoms with Crippen LogP contribution in [0.5, 0.6) is 0 Å². The highest BCUT2D eigenvalue weighted by molar-refractivity contribution is 7.11. The number of rotatable bonds is 4. The second-order valence-electron chi connectivity index (χ2n) is 4.27. The van der Waals surface area contributed by atoms with E-state index in [1.54, 1.807) is 31.5 Å². The molecule has 6 nitrogen and oxygen atoms in total. The Balaban J connectivity index is 2.20. The Hall–Kier alpha value is -2.54. The lowest BCUT2D eigenvalue weighted by Crippen LogP contribution is -2.24. The van der Waals surface area contributed by atoms with Crippen LogP contribution >= 0.6 is 11.5 Å². The van der Waals surface area contributed by atoms with Crippen molar-refractivity contribution in [2.45, 2.75) is 6.92 Å². The number of carbonyl (C=O) groups is 2. The summed E-state index contributed by atoms with van der Waals surface area (Å²) in [5, 5.41) is 9.50. The van der Waals surface area contributed by atoms with Crippen molar-refractivity contribution in [3.05, 3.63) is 47.4 Å². The summed E-state index contributed by atoms with van der Waals surface area (Å²) in [7, 11) is 1.52. The number of aromatic carboxylic acids is 1. The molecule has 0 aliphatic heterocycles. The molecule has 108 valence electrons. The van der Waals surface area contributed by atoms with Gasteiger partial charge in [-0.1, -0.05) is 6.07 Å². The van der Waals surface area contributed by atoms with Crippen molar-refractivity contribution < 1.29 is 14.7 Å². The van der Waals surface area contributed by atoms with Gasteiger partial charge in [-0.05, 0) is 36.2 Å². The van der Waals surface area contributed by atoms with E-state index in [-0.39, 0.29) is 11.5 Å². The van der Waals surface area contributed by atoms with Crippen molar-refractivity contribution in [3.8, 4) is 0 Å². The molecule has 0 bridgehead atoms. The number of anilines is 1. The summed E-state index contributed by atoms with van der Waals surface area (Å²) in [5.41, 5.74) is 1.25. The third kappa shape index (κ3) is 3.32. The molecule has 0 aliphatic carbocycles. The predicted octanol–water partition coefficient (Wildman–Crippen LogP) is 2.22. The number of nitrogens with zero attached hydrogens (tertiary/aromatic N) is 3. The van der Waals surface area contributed by atoms with Crippen LogP contribution in [0.15, 0.2) is 30.6 Å². The average Bonchev–Trinajstić information content (AvgIpc) is 2.87. The predicted molar refractivity (Wildman–Crippen MR) is 80.5 cm³/mol. The highest BCUT2D eigenvalue weighted by Gasteiger charge is 2.22. The van der Waals surface area contributed by atoms with Crippen LogP contribution in [0.3, 0.4) is 0 Å². The van der Waals surface area contributed by atoms with E-state index in [2.05, 4.69) is 9.36 Å². The summed E-state index contributed by atoms with van der Waals surface area (Å²) in [5.74, 6) is -1.42. The Morgan fingerprint density at radius 3 is 2.81 bits per heavy atom. The molecule has 0 fully saturated rings. The number of amides is 1. The molecular weight excluding hydrogens is 290 g/mol. The zero-order valence-electron chi connectivity index (χ0n) is 11.5. The molecule has 0 unspecified atom stereocenters. The molecule has 0 radical (unpaired) electrons. The normalized spacial score (nSPS) is 10.8. The number of carbonyl (C=O) groups excluding carboxylic acids is 1. The number of aryl methyl sites for hydroxylation is 1. The van der Waals surface area contributed by atoms with E-state index in [4.69, 9.17) is 0 Å². The number of carboxylic acids is 1. The maximum atomic E-state index is 12.1. The number of hydrogen-bond donors (Lipinski definition) is 1. The largest absolute Gasteiger partial charge is 0.478 e. The lowest BCUT2D eigenvalue weighted by Gasteiger charge is -2.13. The maximum Gasteiger partial charge on any atom is 0.340 e. The molecule has 7 heteroatoms. The molecule has 2 rings (SSSR count). The second kappa shape index (κ2) is 6.27. The molecule has 2 aromatic rings. The molecule has 1 amide bonds. The smallest absolute Gasteiger partial charge is 0.340 e. The Labute approximate surface area is 125 Å². The molecule has 0 spiro atoms. The third-order valence-electron chi connectivity index (χ3n) is 2.80. The fourth-order valence-electron chi connectivity index (χ4n) is 1.69. The van der Waals surface area contributed by atoms with Crippen LogP contribution in [-0.2, 0) is 4.79 Å². The van der Waals surface area contributed by atoms with Crippen LogP contribution in [0, 0.1) is 6.92 Å². The van der Waals surface area contributed by atoms with Gasteiger partial charge in [0.25, 0.3) is 5.91 Å². The highest BCUT2D eigenvalue weighted by atomic mass is 32.1. The minimum absolute atomic E-state index is 0.0608. The zero-order chi connectivity index (χ0) is 15.4. The van der Waals surface area contributed by atoms with Crippen LogP contribution in [0.2, 0.25) is 0 Å². The molecule has 2 aromatic heterocycles. The monoisotopic (exact) mass is 303 g/mol. The van der Waals surface area contributed by atoms with Gasteiger partial charge in [-0.15, -0.1) is 0 Å². The van der Waals surface area contributed by atoms with Crippen LogP contribution < -0.4 is 4.90 Å². The molecule has 1 N–H and O–H groups in total. The van der Waals surface area contributed by atoms with E-state index in [9.17, 15) is 14.7 Å². The summed E-state index contributed by atoms with van der Waals surface area (Å²) >= 11 is 0.991. The van der Waals surface area contributed by atoms with E-state index in [0.717, 1.165) is 17.1 Å². The van der Waals surface area contributed by atoms with Gasteiger partial charge in [-0.3, -0.25) is 9.78 Å². The summed E-state index contributed by atoms with van der Waals surface area (Å²) in [6, 6.07) is 3.58. The Morgan fingerprint density at radius 1 is 1.43 bits per heavy atom. The zero-order valence-corrected chi connectivity index (χ0v) is 12.3. The average molecular weight is 303 g/mol. The first-order valence-electron chi connectivity index (χ1n) is 6.06. The maximum absolute atomic E-state index is 12.1. The molecule has 0 saturated heterocycles. The molecule has 0 atom stereocenters. The van der Waals surface area contributed by atoms with Crippen LogP contribution in [0.1, 0.15) is 21.6 Å². The number of likely N-dealkylation sites (N-methyl/N-ethyl adjacent to an activating group) is 1.